The van der Waals surface area contributed by atoms with Crippen molar-refractivity contribution in [3.8, 4) is 45.3 Å². The van der Waals surface area contributed by atoms with Gasteiger partial charge in [-0.2, -0.15) is 84.0 Å². The number of hydrogen-bond acceptors (Lipinski definition) is 14. The first kappa shape index (κ1) is 80.7. The number of halogens is 18. The first-order chi connectivity index (χ1) is 56.0. The molecule has 36 heteroatoms. The second kappa shape index (κ2) is 29.0. The molecule has 4 saturated heterocycles. The van der Waals surface area contributed by atoms with E-state index in [0.29, 0.717) is 88.4 Å². The number of imide groups is 4. The lowest BCUT2D eigenvalue weighted by Crippen LogP contribution is -2.54. The van der Waals surface area contributed by atoms with Crippen LogP contribution in [0.15, 0.2) is 242 Å². The topological polar surface area (TPSA) is 210 Å². The van der Waals surface area contributed by atoms with E-state index in [-0.39, 0.29) is 29.3 Å². The van der Waals surface area contributed by atoms with Gasteiger partial charge in [-0.05, 0) is 156 Å². The highest BCUT2D eigenvalue weighted by Crippen LogP contribution is 2.58. The highest BCUT2D eigenvalue weighted by molar-refractivity contribution is 6.24. The van der Waals surface area contributed by atoms with Crippen molar-refractivity contribution in [3.05, 3.63) is 275 Å². The van der Waals surface area contributed by atoms with Crippen molar-refractivity contribution in [2.24, 2.45) is 47.3 Å². The smallest absolute Gasteiger partial charge is 0.416 e. The van der Waals surface area contributed by atoms with Crippen LogP contribution in [0.2, 0.25) is 0 Å². The van der Waals surface area contributed by atoms with Crippen LogP contribution in [0, 0.1) is 47.3 Å². The number of amides is 8. The van der Waals surface area contributed by atoms with Gasteiger partial charge in [0.2, 0.25) is 40.9 Å². The van der Waals surface area contributed by atoms with Crippen molar-refractivity contribution in [3.63, 3.8) is 0 Å². The first-order valence-corrected chi connectivity index (χ1v) is 35.4. The van der Waals surface area contributed by atoms with Crippen LogP contribution < -0.4 is 39.5 Å². The number of hydrogen-bond donors (Lipinski definition) is 2. The molecule has 15 rings (SSSR count). The fourth-order valence-electron chi connectivity index (χ4n) is 15.6. The minimum absolute atomic E-state index is 0.134. The molecular weight excluding hydrogens is 1610 g/mol. The Bertz CT molecular complexity index is 5660. The number of carbonyl (C=O) groups excluding carboxylic acids is 8. The summed E-state index contributed by atoms with van der Waals surface area (Å²) >= 11 is 0. The molecule has 18 nitrogen and oxygen atoms in total. The summed E-state index contributed by atoms with van der Waals surface area (Å²) in [4.78, 5) is 115. The lowest BCUT2D eigenvalue weighted by atomic mass is 9.73. The number of nitrogens with one attached hydrogen (secondary N) is 2. The Kier molecular flexibility index (Phi) is 19.7. The van der Waals surface area contributed by atoms with Crippen molar-refractivity contribution < 1.29 is 136 Å². The summed E-state index contributed by atoms with van der Waals surface area (Å²) in [6, 6.07) is 17.2. The Labute approximate surface area is 658 Å². The molecule has 0 spiro atoms. The molecule has 2 N–H and O–H groups in total. The van der Waals surface area contributed by atoms with E-state index >= 15 is 26.3 Å². The normalized spacial score (nSPS) is 21.9. The van der Waals surface area contributed by atoms with Crippen molar-refractivity contribution in [2.45, 2.75) is 42.5 Å². The number of alkyl halides is 18. The SMILES string of the molecule is CNc1ccc(N2C(=O)C3C=CC=C(Oc4cccc(OC5=CC=CC6C(=O)N(Nc7ccc(C(c8ccc(N9C(=O)C%10C=CC=C(Oc%11cccc(OC%12=CC=CC%13C(=O)N(C)C(=O)C%12%13)c%11-c%11cc(C(F)(F)F)cc(C(F)(F)F)c%11)C%10C9=O)cc8)(C(F)(F)F)C(F)(F)F)cc7)C(=O)C56)c4-c4cc(C(F)(F)F)cc(C(F)(F)F)c4)C3C2=O)cc1. The van der Waals surface area contributed by atoms with Gasteiger partial charge < -0.3 is 24.3 Å². The van der Waals surface area contributed by atoms with Crippen molar-refractivity contribution >= 4 is 70.0 Å². The highest BCUT2D eigenvalue weighted by atomic mass is 19.4. The molecule has 4 aliphatic heterocycles. The number of anilines is 4. The number of carbonyl (C=O) groups is 8. The van der Waals surface area contributed by atoms with Gasteiger partial charge >= 0.3 is 37.1 Å². The van der Waals surface area contributed by atoms with Crippen LogP contribution in [0.5, 0.6) is 23.0 Å². The largest absolute Gasteiger partial charge is 0.460 e. The predicted molar refractivity (Wildman–Crippen MR) is 383 cm³/mol. The maximum atomic E-state index is 15.9. The maximum absolute atomic E-state index is 15.9. The van der Waals surface area contributed by atoms with E-state index in [4.69, 9.17) is 18.9 Å². The average molecular weight is 1670 g/mol. The number of ether oxygens (including phenoxy) is 4. The molecule has 8 atom stereocenters. The standard InChI is InChI=1S/C83H52F18N6O12/c1-102-47-27-31-50(32-28-47)106-71(110)53-11-5-15-61(67(53)75(106)114)118-57-19-8-20-58(64(57)40-35-45(80(90,91)92)38-46(36-40)81(93,94)95)119-62-16-6-12-54-68(62)76(115)107(72(54)111)103-48-25-21-41(22-26-48)77(82(96,97)98,83(99,100)101)42-23-29-49(30-24-42)105-70(109)52-10-4-14-60(66(52)74(105)113)117-56-18-7-17-55(116-59-13-3-9-51-65(59)73(112)104(2)69(51)108)63(56)39-33-43(78(84,85)86)37-44(34-39)79(87,88)89/h3-38,51-54,65-68,102-103H,1-2H3. The molecule has 8 aliphatic rings. The molecule has 4 heterocycles. The van der Waals surface area contributed by atoms with Gasteiger partial charge in [-0.3, -0.25) is 48.7 Å². The van der Waals surface area contributed by atoms with E-state index in [0.717, 1.165) is 77.5 Å². The fourth-order valence-corrected chi connectivity index (χ4v) is 15.6. The number of hydrazine groups is 1. The van der Waals surface area contributed by atoms with Crippen LogP contribution in [0.4, 0.5) is 102 Å². The number of likely N-dealkylation sites (tertiary alicyclic amines) is 1. The molecule has 4 aliphatic carbocycles. The third kappa shape index (κ3) is 14.0. The van der Waals surface area contributed by atoms with E-state index in [1.54, 1.807) is 19.2 Å². The Morgan fingerprint density at radius 3 is 0.966 bits per heavy atom. The summed E-state index contributed by atoms with van der Waals surface area (Å²) in [6.07, 6.45) is -19.8. The Hall–Kier alpha value is -13.4. The van der Waals surface area contributed by atoms with Crippen LogP contribution in [-0.4, -0.2) is 83.6 Å². The van der Waals surface area contributed by atoms with Crippen molar-refractivity contribution in [1.29, 1.82) is 0 Å². The third-order valence-corrected chi connectivity index (χ3v) is 21.2. The first-order valence-electron chi connectivity index (χ1n) is 35.4. The number of allylic oxidation sites excluding steroid dienone is 8. The molecule has 8 amide bonds. The Morgan fingerprint density at radius 1 is 0.328 bits per heavy atom. The highest BCUT2D eigenvalue weighted by Gasteiger charge is 2.73. The lowest BCUT2D eigenvalue weighted by molar-refractivity contribution is -0.288. The van der Waals surface area contributed by atoms with E-state index in [2.05, 4.69) is 10.7 Å². The van der Waals surface area contributed by atoms with E-state index in [1.807, 2.05) is 0 Å². The number of fused-ring (bicyclic) bond motifs is 4. The van der Waals surface area contributed by atoms with Gasteiger partial charge in [0.25, 0.3) is 11.8 Å². The summed E-state index contributed by atoms with van der Waals surface area (Å²) in [5, 5.41) is 3.20. The molecule has 0 saturated carbocycles. The summed E-state index contributed by atoms with van der Waals surface area (Å²) in [5.41, 5.74) is -16.5. The van der Waals surface area contributed by atoms with E-state index in [9.17, 15) is 91.0 Å². The van der Waals surface area contributed by atoms with Gasteiger partial charge in [0, 0.05) is 19.8 Å². The van der Waals surface area contributed by atoms with Crippen LogP contribution >= 0.6 is 0 Å². The number of benzene rings is 7. The second-order valence-electron chi connectivity index (χ2n) is 28.1. The summed E-state index contributed by atoms with van der Waals surface area (Å²) in [5.74, 6) is -23.9. The molecule has 7 aromatic rings. The van der Waals surface area contributed by atoms with Gasteiger partial charge in [-0.15, -0.1) is 0 Å². The molecule has 0 aromatic heterocycles. The molecule has 0 bridgehead atoms. The molecule has 612 valence electrons. The summed E-state index contributed by atoms with van der Waals surface area (Å²) in [6.45, 7) is 0. The zero-order valence-corrected chi connectivity index (χ0v) is 60.4. The van der Waals surface area contributed by atoms with Gasteiger partial charge in [0.15, 0.2) is 0 Å². The van der Waals surface area contributed by atoms with Gasteiger partial charge in [0.05, 0.1) is 74.1 Å². The minimum Gasteiger partial charge on any atom is -0.460 e. The van der Waals surface area contributed by atoms with Crippen LogP contribution in [0.25, 0.3) is 22.3 Å². The molecule has 7 aromatic carbocycles. The molecule has 8 unspecified atom stereocenters. The zero-order chi connectivity index (χ0) is 85.4. The monoisotopic (exact) mass is 1670 g/mol. The predicted octanol–water partition coefficient (Wildman–Crippen LogP) is 17.3. The molecule has 4 fully saturated rings. The fraction of sp³-hybridized carbons (Fsp3) is 0.205. The molecular formula is C83H52F18N6O12. The number of nitrogens with zero attached hydrogens (tertiary/aromatic N) is 4. The Balaban J connectivity index is 0.699. The summed E-state index contributed by atoms with van der Waals surface area (Å²) in [7, 11) is 2.78. The second-order valence-corrected chi connectivity index (χ2v) is 28.1. The quantitative estimate of drug-likeness (QED) is 0.0642. The lowest BCUT2D eigenvalue weighted by Gasteiger charge is -2.38. The van der Waals surface area contributed by atoms with Crippen molar-refractivity contribution in [1.82, 2.24) is 9.91 Å². The third-order valence-electron chi connectivity index (χ3n) is 21.2. The van der Waals surface area contributed by atoms with Crippen LogP contribution in [-0.2, 0) is 68.5 Å². The molecule has 119 heavy (non-hydrogen) atoms. The zero-order valence-electron chi connectivity index (χ0n) is 60.4. The van der Waals surface area contributed by atoms with Crippen LogP contribution in [0.1, 0.15) is 33.4 Å². The summed E-state index contributed by atoms with van der Waals surface area (Å²) < 4.78 is 295. The van der Waals surface area contributed by atoms with Gasteiger partial charge in [-0.25, -0.2) is 9.80 Å². The minimum atomic E-state index is -6.33. The molecule has 0 radical (unpaired) electrons. The van der Waals surface area contributed by atoms with E-state index in [1.165, 1.54) is 60.7 Å². The van der Waals surface area contributed by atoms with Gasteiger partial charge in [-0.1, -0.05) is 85.0 Å². The Morgan fingerprint density at radius 2 is 0.630 bits per heavy atom. The van der Waals surface area contributed by atoms with E-state index < -0.39 is 239 Å². The van der Waals surface area contributed by atoms with Crippen LogP contribution in [0.3, 0.4) is 0 Å². The average Bonchev–Trinajstić information content (AvgIpc) is 1.66. The van der Waals surface area contributed by atoms with Crippen molar-refractivity contribution in [2.75, 3.05) is 34.6 Å². The number of rotatable bonds is 17. The maximum Gasteiger partial charge on any atom is 0.416 e. The van der Waals surface area contributed by atoms with Gasteiger partial charge in [0.1, 0.15) is 69.7 Å².